The van der Waals surface area contributed by atoms with Gasteiger partial charge in [0.25, 0.3) is 8.32 Å². The third-order valence-electron chi connectivity index (χ3n) is 13.9. The van der Waals surface area contributed by atoms with Crippen LogP contribution in [0.15, 0.2) is 114 Å². The second-order valence-corrected chi connectivity index (χ2v) is 26.3. The van der Waals surface area contributed by atoms with Crippen LogP contribution in [0.2, 0.25) is 5.04 Å². The van der Waals surface area contributed by atoms with Crippen LogP contribution in [0.3, 0.4) is 0 Å². The molecular weight excluding hydrogens is 855 g/mol. The summed E-state index contributed by atoms with van der Waals surface area (Å²) in [5.41, 5.74) is 3.86. The SMILES string of the molecule is C/C(=C\C[C@H](O[Si](c1ccccc1)(c1ccccc1)C(C)(C)C)/C(C)=C/c1csc(C)n1)CCC[C@H](C)[C@H](OC1CCCCO1)C(Cc1ccccc1)C(=O)C(C)(C)[C@@H]1CCOC(C)(C)O1. The molecule has 2 aliphatic rings. The van der Waals surface area contributed by atoms with Gasteiger partial charge in [0, 0.05) is 17.9 Å². The molecule has 6 rings (SSSR count). The summed E-state index contributed by atoms with van der Waals surface area (Å²) in [7, 11) is -2.87. The number of rotatable bonds is 21. The largest absolute Gasteiger partial charge is 0.400 e. The number of carbonyl (C=O) groups is 1. The van der Waals surface area contributed by atoms with Crippen LogP contribution < -0.4 is 10.4 Å². The molecule has 3 heterocycles. The highest BCUT2D eigenvalue weighted by Crippen LogP contribution is 2.41. The molecule has 0 aliphatic carbocycles. The number of nitrogens with zero attached hydrogens (tertiary/aromatic N) is 1. The first-order valence-corrected chi connectivity index (χ1v) is 27.4. The summed E-state index contributed by atoms with van der Waals surface area (Å²) in [5.74, 6) is -0.851. The van der Waals surface area contributed by atoms with Gasteiger partial charge in [0.2, 0.25) is 0 Å². The molecule has 0 amide bonds. The Morgan fingerprint density at radius 3 is 2.11 bits per heavy atom. The van der Waals surface area contributed by atoms with Crippen molar-refractivity contribution in [2.24, 2.45) is 17.3 Å². The number of ketones is 1. The van der Waals surface area contributed by atoms with Crippen molar-refractivity contribution < 1.29 is 28.2 Å². The fraction of sp³-hybridized carbons (Fsp3) is 0.544. The smallest absolute Gasteiger partial charge is 0.261 e. The molecule has 66 heavy (non-hydrogen) atoms. The Kier molecular flexibility index (Phi) is 18.2. The van der Waals surface area contributed by atoms with E-state index in [1.54, 1.807) is 11.3 Å². The molecule has 7 nitrogen and oxygen atoms in total. The lowest BCUT2D eigenvalue weighted by molar-refractivity contribution is -0.289. The molecule has 0 bridgehead atoms. The van der Waals surface area contributed by atoms with E-state index in [0.717, 1.165) is 61.2 Å². The summed E-state index contributed by atoms with van der Waals surface area (Å²) in [6, 6.07) is 32.3. The molecule has 3 aromatic carbocycles. The Bertz CT molecular complexity index is 2130. The summed E-state index contributed by atoms with van der Waals surface area (Å²) < 4.78 is 33.5. The standard InChI is InChI=1S/C57H79NO6SSi/c1-41(33-34-50(43(3)38-46-40-65-44(4)58-46)64-66(55(5,6)7,47-28-17-13-18-29-47)48-30-19-14-20-31-48)24-23-25-42(2)53(62-52-32-21-22-36-60-52)49(39-45-26-15-12-16-27-45)54(59)56(8,9)51-35-37-61-57(10,11)63-51/h12-20,26-31,33,38,40,42,49-53H,21-25,32,34-37,39H2,1-11H3/b41-33+,43-38+/t42-,49?,50-,51-,52?,53-/m0/s1. The minimum absolute atomic E-state index is 0.0989. The van der Waals surface area contributed by atoms with Gasteiger partial charge in [-0.2, -0.15) is 0 Å². The lowest BCUT2D eigenvalue weighted by Crippen LogP contribution is -2.67. The van der Waals surface area contributed by atoms with Crippen LogP contribution in [0, 0.1) is 24.2 Å². The minimum Gasteiger partial charge on any atom is -0.400 e. The Morgan fingerprint density at radius 2 is 1.55 bits per heavy atom. The van der Waals surface area contributed by atoms with E-state index >= 15 is 4.79 Å². The van der Waals surface area contributed by atoms with Crippen LogP contribution in [0.4, 0.5) is 0 Å². The molecule has 2 aliphatic heterocycles. The number of aryl methyl sites for hydroxylation is 1. The summed E-state index contributed by atoms with van der Waals surface area (Å²) in [5, 5.41) is 5.57. The highest BCUT2D eigenvalue weighted by Gasteiger charge is 2.52. The van der Waals surface area contributed by atoms with E-state index in [2.05, 4.69) is 165 Å². The van der Waals surface area contributed by atoms with Gasteiger partial charge < -0.3 is 23.4 Å². The van der Waals surface area contributed by atoms with Gasteiger partial charge in [0.15, 0.2) is 12.1 Å². The fourth-order valence-corrected chi connectivity index (χ4v) is 15.4. The molecule has 9 heteroatoms. The van der Waals surface area contributed by atoms with E-state index in [4.69, 9.17) is 28.4 Å². The number of benzene rings is 3. The Labute approximate surface area is 402 Å². The van der Waals surface area contributed by atoms with Crippen molar-refractivity contribution in [3.63, 3.8) is 0 Å². The molecule has 2 saturated heterocycles. The predicted molar refractivity (Wildman–Crippen MR) is 275 cm³/mol. The van der Waals surface area contributed by atoms with Crippen LogP contribution in [0.25, 0.3) is 6.08 Å². The zero-order valence-electron chi connectivity index (χ0n) is 41.9. The van der Waals surface area contributed by atoms with Gasteiger partial charge in [-0.25, -0.2) is 4.98 Å². The van der Waals surface area contributed by atoms with Crippen molar-refractivity contribution in [3.05, 3.63) is 130 Å². The van der Waals surface area contributed by atoms with Crippen molar-refractivity contribution in [3.8, 4) is 0 Å². The van der Waals surface area contributed by atoms with E-state index in [1.165, 1.54) is 21.5 Å². The van der Waals surface area contributed by atoms with Crippen molar-refractivity contribution in [2.45, 2.75) is 169 Å². The zero-order valence-corrected chi connectivity index (χ0v) is 43.8. The average Bonchev–Trinajstić information content (AvgIpc) is 3.71. The van der Waals surface area contributed by atoms with Crippen LogP contribution in [-0.4, -0.2) is 62.7 Å². The van der Waals surface area contributed by atoms with E-state index in [0.29, 0.717) is 26.1 Å². The maximum absolute atomic E-state index is 15.2. The van der Waals surface area contributed by atoms with Crippen molar-refractivity contribution in [1.82, 2.24) is 4.98 Å². The van der Waals surface area contributed by atoms with E-state index in [1.807, 2.05) is 19.9 Å². The van der Waals surface area contributed by atoms with Gasteiger partial charge in [0.1, 0.15) is 5.78 Å². The monoisotopic (exact) mass is 934 g/mol. The van der Waals surface area contributed by atoms with Gasteiger partial charge in [-0.15, -0.1) is 11.3 Å². The summed E-state index contributed by atoms with van der Waals surface area (Å²) >= 11 is 1.68. The quantitative estimate of drug-likeness (QED) is 0.0608. The molecule has 4 aromatic rings. The number of ether oxygens (including phenoxy) is 4. The van der Waals surface area contributed by atoms with Gasteiger partial charge in [-0.05, 0) is 131 Å². The first-order chi connectivity index (χ1) is 31.4. The Morgan fingerprint density at radius 1 is 0.909 bits per heavy atom. The molecule has 0 saturated carbocycles. The third kappa shape index (κ3) is 13.4. The van der Waals surface area contributed by atoms with E-state index < -0.39 is 19.5 Å². The molecule has 0 spiro atoms. The molecule has 6 atom stereocenters. The maximum Gasteiger partial charge on any atom is 0.261 e. The Balaban J connectivity index is 1.26. The van der Waals surface area contributed by atoms with Gasteiger partial charge >= 0.3 is 0 Å². The first-order valence-electron chi connectivity index (χ1n) is 24.6. The number of hydrogen-bond acceptors (Lipinski definition) is 8. The topological polar surface area (TPSA) is 76.1 Å². The molecule has 358 valence electrons. The molecule has 2 fully saturated rings. The van der Waals surface area contributed by atoms with Gasteiger partial charge in [-0.3, -0.25) is 4.79 Å². The predicted octanol–water partition coefficient (Wildman–Crippen LogP) is 12.9. The summed E-state index contributed by atoms with van der Waals surface area (Å²) in [4.78, 5) is 20.1. The van der Waals surface area contributed by atoms with Crippen LogP contribution in [-0.2, 0) is 34.6 Å². The normalized spacial score (nSPS) is 20.7. The summed E-state index contributed by atoms with van der Waals surface area (Å²) in [6.07, 6.45) is 11.3. The maximum atomic E-state index is 15.2. The molecule has 2 unspecified atom stereocenters. The first kappa shape index (κ1) is 51.8. The van der Waals surface area contributed by atoms with E-state index in [9.17, 15) is 0 Å². The second kappa shape index (κ2) is 23.2. The average molecular weight is 934 g/mol. The lowest BCUT2D eigenvalue weighted by atomic mass is 9.70. The van der Waals surface area contributed by atoms with Crippen LogP contribution in [0.1, 0.15) is 137 Å². The van der Waals surface area contributed by atoms with Gasteiger partial charge in [-0.1, -0.05) is 144 Å². The molecular formula is C57H79NO6SSi. The highest BCUT2D eigenvalue weighted by molar-refractivity contribution is 7.09. The summed E-state index contributed by atoms with van der Waals surface area (Å²) in [6.45, 7) is 25.1. The zero-order chi connectivity index (χ0) is 47.5. The van der Waals surface area contributed by atoms with Crippen molar-refractivity contribution >= 4 is 41.9 Å². The lowest BCUT2D eigenvalue weighted by Gasteiger charge is -2.45. The Hall–Kier alpha value is -3.54. The van der Waals surface area contributed by atoms with Crippen molar-refractivity contribution in [2.75, 3.05) is 13.2 Å². The minimum atomic E-state index is -2.87. The second-order valence-electron chi connectivity index (χ2n) is 21.0. The third-order valence-corrected chi connectivity index (χ3v) is 19.7. The number of thiazole rings is 1. The fourth-order valence-electron chi connectivity index (χ4n) is 10.1. The van der Waals surface area contributed by atoms with E-state index in [-0.39, 0.29) is 47.3 Å². The van der Waals surface area contributed by atoms with Crippen molar-refractivity contribution in [1.29, 1.82) is 0 Å². The number of Topliss-reactive ketones (excluding diaryl/α,β-unsaturated/α-hetero) is 1. The molecule has 0 N–H and O–H groups in total. The number of aromatic nitrogens is 1. The molecule has 0 radical (unpaired) electrons. The number of carbonyl (C=O) groups excluding carboxylic acids is 1. The van der Waals surface area contributed by atoms with Gasteiger partial charge in [0.05, 0.1) is 41.0 Å². The number of allylic oxidation sites excluding steroid dienone is 1. The van der Waals surface area contributed by atoms with Crippen LogP contribution >= 0.6 is 11.3 Å². The molecule has 1 aromatic heterocycles. The number of hydrogen-bond donors (Lipinski definition) is 0. The highest BCUT2D eigenvalue weighted by atomic mass is 32.1. The van der Waals surface area contributed by atoms with Crippen LogP contribution in [0.5, 0.6) is 0 Å².